The molecule has 6 heteroatoms. The second kappa shape index (κ2) is 8.55. The van der Waals surface area contributed by atoms with Crippen molar-refractivity contribution in [2.24, 2.45) is 0 Å². The highest BCUT2D eigenvalue weighted by atomic mass is 19.3. The summed E-state index contributed by atoms with van der Waals surface area (Å²) in [5.41, 5.74) is 1.79. The molecular formula is C13H18F2N2O2. The molecule has 0 aliphatic carbocycles. The van der Waals surface area contributed by atoms with Crippen LogP contribution in [-0.4, -0.2) is 32.1 Å². The fraction of sp³-hybridized carbons (Fsp3) is 0.462. The van der Waals surface area contributed by atoms with Gasteiger partial charge in [-0.25, -0.2) is 8.78 Å². The van der Waals surface area contributed by atoms with E-state index < -0.39 is 13.0 Å². The van der Waals surface area contributed by atoms with Crippen LogP contribution in [0.3, 0.4) is 0 Å². The lowest BCUT2D eigenvalue weighted by atomic mass is 10.2. The summed E-state index contributed by atoms with van der Waals surface area (Å²) >= 11 is 0. The van der Waals surface area contributed by atoms with Crippen LogP contribution in [0, 0.1) is 0 Å². The van der Waals surface area contributed by atoms with Crippen molar-refractivity contribution in [2.75, 3.05) is 25.1 Å². The molecule has 1 rings (SSSR count). The Labute approximate surface area is 111 Å². The molecule has 0 saturated carbocycles. The van der Waals surface area contributed by atoms with Gasteiger partial charge in [-0.15, -0.1) is 0 Å². The van der Waals surface area contributed by atoms with Crippen LogP contribution in [0.1, 0.15) is 12.5 Å². The minimum atomic E-state index is -2.42. The van der Waals surface area contributed by atoms with Gasteiger partial charge in [0.05, 0.1) is 6.61 Å². The number of nitrogens with one attached hydrogen (secondary N) is 2. The van der Waals surface area contributed by atoms with E-state index in [-0.39, 0.29) is 12.5 Å². The van der Waals surface area contributed by atoms with Crippen LogP contribution in [0.4, 0.5) is 14.5 Å². The number of hydrogen-bond acceptors (Lipinski definition) is 3. The maximum Gasteiger partial charge on any atom is 0.261 e. The van der Waals surface area contributed by atoms with Crippen molar-refractivity contribution >= 4 is 11.6 Å². The molecule has 0 saturated heterocycles. The van der Waals surface area contributed by atoms with E-state index in [0.29, 0.717) is 13.1 Å². The molecule has 0 spiro atoms. The van der Waals surface area contributed by atoms with E-state index in [4.69, 9.17) is 4.74 Å². The number of benzene rings is 1. The Morgan fingerprint density at radius 1 is 1.32 bits per heavy atom. The number of halogens is 2. The van der Waals surface area contributed by atoms with Crippen LogP contribution < -0.4 is 10.6 Å². The van der Waals surface area contributed by atoms with E-state index in [1.165, 1.54) is 6.92 Å². The molecule has 0 atom stereocenters. The number of anilines is 1. The van der Waals surface area contributed by atoms with Crippen molar-refractivity contribution in [3.05, 3.63) is 29.8 Å². The second-order valence-electron chi connectivity index (χ2n) is 4.02. The molecule has 106 valence electrons. The Kier molecular flexibility index (Phi) is 6.99. The first-order chi connectivity index (χ1) is 9.08. The highest BCUT2D eigenvalue weighted by molar-refractivity contribution is 5.88. The zero-order chi connectivity index (χ0) is 14.1. The van der Waals surface area contributed by atoms with Gasteiger partial charge in [0.1, 0.15) is 6.61 Å². The predicted molar refractivity (Wildman–Crippen MR) is 69.3 cm³/mol. The number of ether oxygens (including phenoxy) is 1. The summed E-state index contributed by atoms with van der Waals surface area (Å²) in [7, 11) is 0. The van der Waals surface area contributed by atoms with Gasteiger partial charge in [0, 0.05) is 25.7 Å². The van der Waals surface area contributed by atoms with Crippen LogP contribution in [0.25, 0.3) is 0 Å². The van der Waals surface area contributed by atoms with Crippen LogP contribution in [0.2, 0.25) is 0 Å². The molecule has 0 radical (unpaired) electrons. The third kappa shape index (κ3) is 7.48. The van der Waals surface area contributed by atoms with E-state index >= 15 is 0 Å². The molecule has 1 amide bonds. The predicted octanol–water partition coefficient (Wildman–Crippen LogP) is 2.02. The Morgan fingerprint density at radius 2 is 2.00 bits per heavy atom. The van der Waals surface area contributed by atoms with Gasteiger partial charge in [-0.1, -0.05) is 12.1 Å². The first kappa shape index (κ1) is 15.5. The summed E-state index contributed by atoms with van der Waals surface area (Å²) in [4.78, 5) is 10.8. The van der Waals surface area contributed by atoms with Gasteiger partial charge < -0.3 is 15.4 Å². The second-order valence-corrected chi connectivity index (χ2v) is 4.02. The average molecular weight is 272 g/mol. The van der Waals surface area contributed by atoms with Crippen LogP contribution in [-0.2, 0) is 16.1 Å². The lowest BCUT2D eigenvalue weighted by Gasteiger charge is -2.07. The van der Waals surface area contributed by atoms with Crippen molar-refractivity contribution < 1.29 is 18.3 Å². The van der Waals surface area contributed by atoms with E-state index in [2.05, 4.69) is 10.6 Å². The number of carbonyl (C=O) groups excluding carboxylic acids is 1. The van der Waals surface area contributed by atoms with Crippen LogP contribution in [0.5, 0.6) is 0 Å². The van der Waals surface area contributed by atoms with Crippen molar-refractivity contribution in [1.29, 1.82) is 0 Å². The monoisotopic (exact) mass is 272 g/mol. The smallest absolute Gasteiger partial charge is 0.261 e. The molecule has 1 aromatic carbocycles. The van der Waals surface area contributed by atoms with Gasteiger partial charge in [-0.05, 0) is 17.7 Å². The summed E-state index contributed by atoms with van der Waals surface area (Å²) in [5.74, 6) is -0.109. The summed E-state index contributed by atoms with van der Waals surface area (Å²) in [6.07, 6.45) is -2.42. The molecule has 0 bridgehead atoms. The lowest BCUT2D eigenvalue weighted by molar-refractivity contribution is -0.114. The summed E-state index contributed by atoms with van der Waals surface area (Å²) in [6.45, 7) is 2.33. The fourth-order valence-electron chi connectivity index (χ4n) is 1.46. The topological polar surface area (TPSA) is 50.4 Å². The number of alkyl halides is 2. The van der Waals surface area contributed by atoms with Gasteiger partial charge in [-0.2, -0.15) is 0 Å². The SMILES string of the molecule is CC(=O)Nc1ccc(CNCCOCC(F)F)cc1. The normalized spacial score (nSPS) is 10.7. The van der Waals surface area contributed by atoms with E-state index in [0.717, 1.165) is 11.3 Å². The molecule has 0 aliphatic heterocycles. The molecule has 2 N–H and O–H groups in total. The van der Waals surface area contributed by atoms with E-state index in [9.17, 15) is 13.6 Å². The van der Waals surface area contributed by atoms with Crippen LogP contribution >= 0.6 is 0 Å². The first-order valence-electron chi connectivity index (χ1n) is 6.01. The average Bonchev–Trinajstić information content (AvgIpc) is 2.34. The Balaban J connectivity index is 2.17. The molecule has 0 aromatic heterocycles. The molecule has 0 fully saturated rings. The number of amides is 1. The maximum absolute atomic E-state index is 11.8. The standard InChI is InChI=1S/C13H18F2N2O2/c1-10(18)17-12-4-2-11(3-5-12)8-16-6-7-19-9-13(14)15/h2-5,13,16H,6-9H2,1H3,(H,17,18). The minimum Gasteiger partial charge on any atom is -0.374 e. The van der Waals surface area contributed by atoms with Gasteiger partial charge in [0.15, 0.2) is 0 Å². The minimum absolute atomic E-state index is 0.109. The molecule has 4 nitrogen and oxygen atoms in total. The quantitative estimate of drug-likeness (QED) is 0.712. The maximum atomic E-state index is 11.8. The lowest BCUT2D eigenvalue weighted by Crippen LogP contribution is -2.20. The number of rotatable bonds is 8. The summed E-state index contributed by atoms with van der Waals surface area (Å²) < 4.78 is 28.3. The fourth-order valence-corrected chi connectivity index (χ4v) is 1.46. The van der Waals surface area contributed by atoms with E-state index in [1.54, 1.807) is 0 Å². The van der Waals surface area contributed by atoms with Gasteiger partial charge in [0.25, 0.3) is 6.43 Å². The number of hydrogen-bond donors (Lipinski definition) is 2. The first-order valence-corrected chi connectivity index (χ1v) is 6.01. The Bertz CT molecular complexity index is 383. The molecule has 1 aromatic rings. The van der Waals surface area contributed by atoms with Gasteiger partial charge in [0.2, 0.25) is 5.91 Å². The zero-order valence-electron chi connectivity index (χ0n) is 10.8. The Morgan fingerprint density at radius 3 is 2.58 bits per heavy atom. The number of carbonyl (C=O) groups is 1. The van der Waals surface area contributed by atoms with Gasteiger partial charge in [-0.3, -0.25) is 4.79 Å². The zero-order valence-corrected chi connectivity index (χ0v) is 10.8. The van der Waals surface area contributed by atoms with Crippen molar-refractivity contribution in [1.82, 2.24) is 5.32 Å². The highest BCUT2D eigenvalue weighted by Crippen LogP contribution is 2.09. The highest BCUT2D eigenvalue weighted by Gasteiger charge is 2.01. The van der Waals surface area contributed by atoms with Crippen molar-refractivity contribution in [2.45, 2.75) is 19.9 Å². The summed E-state index contributed by atoms with van der Waals surface area (Å²) in [6, 6.07) is 7.40. The van der Waals surface area contributed by atoms with E-state index in [1.807, 2.05) is 24.3 Å². The van der Waals surface area contributed by atoms with Gasteiger partial charge >= 0.3 is 0 Å². The molecular weight excluding hydrogens is 254 g/mol. The molecule has 0 aliphatic rings. The third-order valence-corrected chi connectivity index (χ3v) is 2.27. The van der Waals surface area contributed by atoms with Crippen molar-refractivity contribution in [3.8, 4) is 0 Å². The molecule has 19 heavy (non-hydrogen) atoms. The van der Waals surface area contributed by atoms with Crippen molar-refractivity contribution in [3.63, 3.8) is 0 Å². The largest absolute Gasteiger partial charge is 0.374 e. The molecule has 0 unspecified atom stereocenters. The summed E-state index contributed by atoms with van der Waals surface area (Å²) in [5, 5.41) is 5.75. The third-order valence-electron chi connectivity index (χ3n) is 2.27. The van der Waals surface area contributed by atoms with Crippen LogP contribution in [0.15, 0.2) is 24.3 Å². The Hall–Kier alpha value is -1.53. The molecule has 0 heterocycles.